The Kier molecular flexibility index (Phi) is 5.15. The number of carbonyl (C=O) groups excluding carboxylic acids is 1. The first-order valence-corrected chi connectivity index (χ1v) is 7.76. The molecule has 1 saturated heterocycles. The molecule has 6 heteroatoms. The van der Waals surface area contributed by atoms with Gasteiger partial charge in [0.25, 0.3) is 0 Å². The molecule has 0 atom stereocenters. The highest BCUT2D eigenvalue weighted by Crippen LogP contribution is 2.30. The molecular weight excluding hydrogens is 311 g/mol. The van der Waals surface area contributed by atoms with E-state index in [1.807, 2.05) is 13.8 Å². The van der Waals surface area contributed by atoms with E-state index >= 15 is 0 Å². The van der Waals surface area contributed by atoms with Crippen LogP contribution in [-0.2, 0) is 4.79 Å². The van der Waals surface area contributed by atoms with Crippen molar-refractivity contribution in [3.05, 3.63) is 28.2 Å². The van der Waals surface area contributed by atoms with Gasteiger partial charge in [-0.25, -0.2) is 0 Å². The third-order valence-corrected chi connectivity index (χ3v) is 4.58. The fourth-order valence-electron chi connectivity index (χ4n) is 2.33. The number of halogens is 2. The Bertz CT molecular complexity index is 508. The molecule has 2 rings (SSSR count). The molecule has 1 aliphatic heterocycles. The predicted molar refractivity (Wildman–Crippen MR) is 85.9 cm³/mol. The summed E-state index contributed by atoms with van der Waals surface area (Å²) in [6.07, 6.45) is 0.343. The summed E-state index contributed by atoms with van der Waals surface area (Å²) in [5.41, 5.74) is -0.157. The van der Waals surface area contributed by atoms with Crippen molar-refractivity contribution in [2.75, 3.05) is 25.0 Å². The molecule has 1 fully saturated rings. The summed E-state index contributed by atoms with van der Waals surface area (Å²) in [4.78, 5) is 14.0. The van der Waals surface area contributed by atoms with E-state index in [-0.39, 0.29) is 11.8 Å². The number of nitrogens with zero attached hydrogens (tertiary/aromatic N) is 1. The van der Waals surface area contributed by atoms with Gasteiger partial charge >= 0.3 is 0 Å². The second kappa shape index (κ2) is 6.53. The SMILES string of the molecule is CC(C)C1(O)CN(CCC(=O)Nc2c(Cl)cccc2Cl)C1. The minimum absolute atomic E-state index is 0.134. The van der Waals surface area contributed by atoms with Crippen LogP contribution in [0.1, 0.15) is 20.3 Å². The van der Waals surface area contributed by atoms with Crippen LogP contribution in [0.25, 0.3) is 0 Å². The van der Waals surface area contributed by atoms with Crippen LogP contribution in [-0.4, -0.2) is 41.1 Å². The highest BCUT2D eigenvalue weighted by molar-refractivity contribution is 6.39. The first-order chi connectivity index (χ1) is 9.82. The number of rotatable bonds is 5. The lowest BCUT2D eigenvalue weighted by Gasteiger charge is -2.49. The molecule has 0 radical (unpaired) electrons. The molecule has 1 aromatic carbocycles. The van der Waals surface area contributed by atoms with Crippen LogP contribution < -0.4 is 5.32 Å². The van der Waals surface area contributed by atoms with E-state index in [9.17, 15) is 9.90 Å². The smallest absolute Gasteiger partial charge is 0.225 e. The molecule has 0 saturated carbocycles. The molecule has 116 valence electrons. The van der Waals surface area contributed by atoms with Gasteiger partial charge in [0, 0.05) is 26.1 Å². The third-order valence-electron chi connectivity index (χ3n) is 3.95. The Morgan fingerprint density at radius 3 is 2.48 bits per heavy atom. The van der Waals surface area contributed by atoms with Gasteiger partial charge in [0.1, 0.15) is 0 Å². The highest BCUT2D eigenvalue weighted by Gasteiger charge is 2.43. The normalized spacial score (nSPS) is 17.6. The molecule has 0 spiro atoms. The van der Waals surface area contributed by atoms with Crippen molar-refractivity contribution >= 4 is 34.8 Å². The number of aliphatic hydroxyl groups is 1. The van der Waals surface area contributed by atoms with E-state index < -0.39 is 5.60 Å². The zero-order valence-corrected chi connectivity index (χ0v) is 13.7. The van der Waals surface area contributed by atoms with Gasteiger partial charge in [0.15, 0.2) is 0 Å². The molecular formula is C15H20Cl2N2O2. The number of amides is 1. The average molecular weight is 331 g/mol. The van der Waals surface area contributed by atoms with Gasteiger partial charge in [-0.05, 0) is 18.1 Å². The van der Waals surface area contributed by atoms with Crippen LogP contribution in [0.3, 0.4) is 0 Å². The average Bonchev–Trinajstić information content (AvgIpc) is 2.37. The maximum absolute atomic E-state index is 11.9. The molecule has 0 unspecified atom stereocenters. The van der Waals surface area contributed by atoms with E-state index in [0.717, 1.165) is 0 Å². The van der Waals surface area contributed by atoms with Gasteiger partial charge in [-0.1, -0.05) is 43.1 Å². The van der Waals surface area contributed by atoms with Gasteiger partial charge < -0.3 is 10.4 Å². The summed E-state index contributed by atoms with van der Waals surface area (Å²) in [7, 11) is 0. The molecule has 1 aromatic rings. The third kappa shape index (κ3) is 3.89. The van der Waals surface area contributed by atoms with Crippen LogP contribution >= 0.6 is 23.2 Å². The van der Waals surface area contributed by atoms with Crippen LogP contribution in [0.15, 0.2) is 18.2 Å². The van der Waals surface area contributed by atoms with Gasteiger partial charge in [-0.2, -0.15) is 0 Å². The number of nitrogens with one attached hydrogen (secondary N) is 1. The van der Waals surface area contributed by atoms with Gasteiger partial charge in [-0.15, -0.1) is 0 Å². The number of para-hydroxylation sites is 1. The summed E-state index contributed by atoms with van der Waals surface area (Å²) in [5, 5.41) is 13.7. The summed E-state index contributed by atoms with van der Waals surface area (Å²) < 4.78 is 0. The van der Waals surface area contributed by atoms with Crippen molar-refractivity contribution in [3.8, 4) is 0 Å². The van der Waals surface area contributed by atoms with E-state index in [1.165, 1.54) is 0 Å². The minimum atomic E-state index is -0.609. The van der Waals surface area contributed by atoms with Crippen molar-refractivity contribution < 1.29 is 9.90 Å². The molecule has 1 heterocycles. The quantitative estimate of drug-likeness (QED) is 0.872. The highest BCUT2D eigenvalue weighted by atomic mass is 35.5. The number of carbonyl (C=O) groups is 1. The minimum Gasteiger partial charge on any atom is -0.387 e. The zero-order valence-electron chi connectivity index (χ0n) is 12.2. The number of hydrogen-bond acceptors (Lipinski definition) is 3. The Hall–Kier alpha value is -0.810. The fourth-order valence-corrected chi connectivity index (χ4v) is 2.82. The van der Waals surface area contributed by atoms with E-state index in [1.54, 1.807) is 18.2 Å². The number of hydrogen-bond donors (Lipinski definition) is 2. The summed E-state index contributed by atoms with van der Waals surface area (Å²) in [5.74, 6) is 0.0921. The molecule has 1 amide bonds. The lowest BCUT2D eigenvalue weighted by Crippen LogP contribution is -2.64. The second-order valence-corrected chi connectivity index (χ2v) is 6.68. The van der Waals surface area contributed by atoms with Gasteiger partial charge in [0.05, 0.1) is 21.3 Å². The number of anilines is 1. The Morgan fingerprint density at radius 1 is 1.38 bits per heavy atom. The first kappa shape index (κ1) is 16.6. The molecule has 4 nitrogen and oxygen atoms in total. The standard InChI is InChI=1S/C15H20Cl2N2O2/c1-10(2)15(21)8-19(9-15)7-6-13(20)18-14-11(16)4-3-5-12(14)17/h3-5,10,21H,6-9H2,1-2H3,(H,18,20). The van der Waals surface area contributed by atoms with Gasteiger partial charge in [-0.3, -0.25) is 9.69 Å². The van der Waals surface area contributed by atoms with Crippen molar-refractivity contribution in [1.29, 1.82) is 0 Å². The molecule has 0 aliphatic carbocycles. The monoisotopic (exact) mass is 330 g/mol. The zero-order chi connectivity index (χ0) is 15.6. The molecule has 2 N–H and O–H groups in total. The number of β-amino-alcohol motifs (C(OH)–C–C–N with tert-alkyl or cyclic N) is 1. The van der Waals surface area contributed by atoms with Crippen molar-refractivity contribution in [2.24, 2.45) is 5.92 Å². The van der Waals surface area contributed by atoms with Crippen LogP contribution in [0, 0.1) is 5.92 Å². The van der Waals surface area contributed by atoms with Crippen molar-refractivity contribution in [1.82, 2.24) is 4.90 Å². The predicted octanol–water partition coefficient (Wildman–Crippen LogP) is 3.02. The maximum Gasteiger partial charge on any atom is 0.225 e. The topological polar surface area (TPSA) is 52.6 Å². The van der Waals surface area contributed by atoms with E-state index in [0.29, 0.717) is 41.8 Å². The first-order valence-electron chi connectivity index (χ1n) is 7.00. The van der Waals surface area contributed by atoms with Gasteiger partial charge in [0.2, 0.25) is 5.91 Å². The number of benzene rings is 1. The van der Waals surface area contributed by atoms with E-state index in [2.05, 4.69) is 10.2 Å². The van der Waals surface area contributed by atoms with Crippen molar-refractivity contribution in [2.45, 2.75) is 25.9 Å². The molecule has 21 heavy (non-hydrogen) atoms. The Morgan fingerprint density at radius 2 is 1.95 bits per heavy atom. The molecule has 1 aliphatic rings. The Balaban J connectivity index is 1.79. The lowest BCUT2D eigenvalue weighted by atomic mass is 9.83. The number of likely N-dealkylation sites (tertiary alicyclic amines) is 1. The Labute approximate surface area is 135 Å². The molecule has 0 aromatic heterocycles. The largest absolute Gasteiger partial charge is 0.387 e. The maximum atomic E-state index is 11.9. The summed E-state index contributed by atoms with van der Waals surface area (Å²) in [6.45, 7) is 5.85. The summed E-state index contributed by atoms with van der Waals surface area (Å²) in [6, 6.07) is 5.09. The summed E-state index contributed by atoms with van der Waals surface area (Å²) >= 11 is 12.0. The second-order valence-electron chi connectivity index (χ2n) is 5.86. The van der Waals surface area contributed by atoms with Crippen LogP contribution in [0.5, 0.6) is 0 Å². The lowest BCUT2D eigenvalue weighted by molar-refractivity contribution is -0.132. The fraction of sp³-hybridized carbons (Fsp3) is 0.533. The van der Waals surface area contributed by atoms with Crippen LogP contribution in [0.2, 0.25) is 10.0 Å². The molecule has 0 bridgehead atoms. The van der Waals surface area contributed by atoms with Crippen LogP contribution in [0.4, 0.5) is 5.69 Å². The van der Waals surface area contributed by atoms with Crippen molar-refractivity contribution in [3.63, 3.8) is 0 Å². The van der Waals surface area contributed by atoms with E-state index in [4.69, 9.17) is 23.2 Å².